The van der Waals surface area contributed by atoms with E-state index in [1.54, 1.807) is 44.6 Å². The zero-order chi connectivity index (χ0) is 22.9. The predicted molar refractivity (Wildman–Crippen MR) is 129 cm³/mol. The summed E-state index contributed by atoms with van der Waals surface area (Å²) in [5.41, 5.74) is 1.89. The molecule has 0 heterocycles. The molecule has 0 saturated heterocycles. The second-order valence-electron chi connectivity index (χ2n) is 6.95. The quantitative estimate of drug-likeness (QED) is 0.423. The number of rotatable bonds is 9. The van der Waals surface area contributed by atoms with Crippen molar-refractivity contribution in [3.05, 3.63) is 78.4 Å². The van der Waals surface area contributed by atoms with E-state index in [0.29, 0.717) is 34.9 Å². The fourth-order valence-electron chi connectivity index (χ4n) is 3.00. The van der Waals surface area contributed by atoms with Crippen LogP contribution in [-0.4, -0.2) is 31.3 Å². The SMILES string of the molecule is CCC(Sc1cccc(NC(=O)c2ccc(OC)cc2)c1)C(=O)Nc1cccc(OC)c1. The molecule has 3 aromatic carbocycles. The summed E-state index contributed by atoms with van der Waals surface area (Å²) in [5.74, 6) is 1.08. The summed E-state index contributed by atoms with van der Waals surface area (Å²) in [6.45, 7) is 1.97. The number of hydrogen-bond acceptors (Lipinski definition) is 5. The maximum atomic E-state index is 12.8. The van der Waals surface area contributed by atoms with Crippen molar-refractivity contribution in [1.82, 2.24) is 0 Å². The molecule has 0 saturated carbocycles. The van der Waals surface area contributed by atoms with Crippen molar-refractivity contribution in [2.45, 2.75) is 23.5 Å². The fourth-order valence-corrected chi connectivity index (χ4v) is 4.02. The lowest BCUT2D eigenvalue weighted by Gasteiger charge is -2.16. The third-order valence-corrected chi connectivity index (χ3v) is 6.08. The van der Waals surface area contributed by atoms with Crippen LogP contribution in [0.1, 0.15) is 23.7 Å². The maximum Gasteiger partial charge on any atom is 0.255 e. The maximum absolute atomic E-state index is 12.8. The summed E-state index contributed by atoms with van der Waals surface area (Å²) in [6, 6.07) is 21.7. The number of methoxy groups -OCH3 is 2. The Morgan fingerprint density at radius 1 is 0.844 bits per heavy atom. The molecule has 166 valence electrons. The van der Waals surface area contributed by atoms with Crippen molar-refractivity contribution in [2.75, 3.05) is 24.9 Å². The molecule has 0 aliphatic heterocycles. The average Bonchev–Trinajstić information content (AvgIpc) is 2.82. The fraction of sp³-hybridized carbons (Fsp3) is 0.200. The number of benzene rings is 3. The Balaban J connectivity index is 1.65. The minimum Gasteiger partial charge on any atom is -0.497 e. The van der Waals surface area contributed by atoms with Crippen LogP contribution in [0.2, 0.25) is 0 Å². The lowest BCUT2D eigenvalue weighted by atomic mass is 10.2. The van der Waals surface area contributed by atoms with Gasteiger partial charge in [0.1, 0.15) is 11.5 Å². The van der Waals surface area contributed by atoms with Crippen molar-refractivity contribution in [3.63, 3.8) is 0 Å². The summed E-state index contributed by atoms with van der Waals surface area (Å²) in [4.78, 5) is 26.2. The second-order valence-corrected chi connectivity index (χ2v) is 8.22. The van der Waals surface area contributed by atoms with Crippen molar-refractivity contribution in [1.29, 1.82) is 0 Å². The van der Waals surface area contributed by atoms with Gasteiger partial charge in [-0.3, -0.25) is 9.59 Å². The molecule has 0 spiro atoms. The number of amides is 2. The highest BCUT2D eigenvalue weighted by Crippen LogP contribution is 2.29. The third kappa shape index (κ3) is 6.28. The van der Waals surface area contributed by atoms with E-state index in [0.717, 1.165) is 4.90 Å². The third-order valence-electron chi connectivity index (χ3n) is 4.72. The Labute approximate surface area is 192 Å². The smallest absolute Gasteiger partial charge is 0.255 e. The molecule has 32 heavy (non-hydrogen) atoms. The average molecular weight is 451 g/mol. The predicted octanol–water partition coefficient (Wildman–Crippen LogP) is 5.47. The van der Waals surface area contributed by atoms with Crippen LogP contribution in [-0.2, 0) is 4.79 Å². The Morgan fingerprint density at radius 2 is 1.50 bits per heavy atom. The van der Waals surface area contributed by atoms with Crippen LogP contribution in [0.4, 0.5) is 11.4 Å². The van der Waals surface area contributed by atoms with Gasteiger partial charge in [0.05, 0.1) is 19.5 Å². The molecule has 0 aliphatic carbocycles. The lowest BCUT2D eigenvalue weighted by Crippen LogP contribution is -2.24. The Hall–Kier alpha value is -3.45. The van der Waals surface area contributed by atoms with Gasteiger partial charge in [-0.1, -0.05) is 19.1 Å². The molecule has 0 aliphatic rings. The van der Waals surface area contributed by atoms with Crippen LogP contribution >= 0.6 is 11.8 Å². The number of hydrogen-bond donors (Lipinski definition) is 2. The van der Waals surface area contributed by atoms with E-state index in [9.17, 15) is 9.59 Å². The van der Waals surface area contributed by atoms with Crippen LogP contribution in [0.5, 0.6) is 11.5 Å². The molecular weight excluding hydrogens is 424 g/mol. The molecule has 0 fully saturated rings. The molecule has 7 heteroatoms. The van der Waals surface area contributed by atoms with Crippen molar-refractivity contribution >= 4 is 35.0 Å². The Morgan fingerprint density at radius 3 is 2.16 bits per heavy atom. The van der Waals surface area contributed by atoms with Gasteiger partial charge < -0.3 is 20.1 Å². The number of anilines is 2. The molecular formula is C25H26N2O4S. The first-order chi connectivity index (χ1) is 15.5. The van der Waals surface area contributed by atoms with Crippen molar-refractivity contribution < 1.29 is 19.1 Å². The van der Waals surface area contributed by atoms with E-state index in [4.69, 9.17) is 9.47 Å². The largest absolute Gasteiger partial charge is 0.497 e. The van der Waals surface area contributed by atoms with E-state index >= 15 is 0 Å². The van der Waals surface area contributed by atoms with Crippen molar-refractivity contribution in [2.24, 2.45) is 0 Å². The second kappa shape index (κ2) is 11.2. The van der Waals surface area contributed by atoms with Gasteiger partial charge in [0.15, 0.2) is 0 Å². The van der Waals surface area contributed by atoms with E-state index in [1.165, 1.54) is 11.8 Å². The number of nitrogens with one attached hydrogen (secondary N) is 2. The summed E-state index contributed by atoms with van der Waals surface area (Å²) in [6.07, 6.45) is 0.656. The van der Waals surface area contributed by atoms with Crippen LogP contribution in [0.3, 0.4) is 0 Å². The minimum absolute atomic E-state index is 0.0848. The van der Waals surface area contributed by atoms with Gasteiger partial charge in [-0.05, 0) is 61.0 Å². The van der Waals surface area contributed by atoms with Gasteiger partial charge in [-0.15, -0.1) is 11.8 Å². The Bertz CT molecular complexity index is 1070. The molecule has 6 nitrogen and oxygen atoms in total. The zero-order valence-electron chi connectivity index (χ0n) is 18.3. The number of carbonyl (C=O) groups is 2. The van der Waals surface area contributed by atoms with Crippen molar-refractivity contribution in [3.8, 4) is 11.5 Å². The zero-order valence-corrected chi connectivity index (χ0v) is 19.1. The first-order valence-electron chi connectivity index (χ1n) is 10.2. The van der Waals surface area contributed by atoms with Crippen LogP contribution < -0.4 is 20.1 Å². The van der Waals surface area contributed by atoms with Gasteiger partial charge >= 0.3 is 0 Å². The Kier molecular flexibility index (Phi) is 8.16. The molecule has 2 N–H and O–H groups in total. The van der Waals surface area contributed by atoms with Gasteiger partial charge in [-0.2, -0.15) is 0 Å². The number of ether oxygens (including phenoxy) is 2. The highest BCUT2D eigenvalue weighted by atomic mass is 32.2. The molecule has 0 radical (unpaired) electrons. The molecule has 0 aromatic heterocycles. The van der Waals surface area contributed by atoms with Crippen LogP contribution in [0, 0.1) is 0 Å². The molecule has 3 rings (SSSR count). The van der Waals surface area contributed by atoms with Crippen LogP contribution in [0.25, 0.3) is 0 Å². The topological polar surface area (TPSA) is 76.7 Å². The minimum atomic E-state index is -0.284. The summed E-state index contributed by atoms with van der Waals surface area (Å²) in [7, 11) is 3.17. The van der Waals surface area contributed by atoms with E-state index in [1.807, 2.05) is 49.4 Å². The van der Waals surface area contributed by atoms with E-state index in [-0.39, 0.29) is 17.1 Å². The first kappa shape index (κ1) is 23.2. The number of thioether (sulfide) groups is 1. The first-order valence-corrected chi connectivity index (χ1v) is 11.1. The normalized spacial score (nSPS) is 11.3. The van der Waals surface area contributed by atoms with Gasteiger partial charge in [0.2, 0.25) is 5.91 Å². The molecule has 0 bridgehead atoms. The highest BCUT2D eigenvalue weighted by Gasteiger charge is 2.19. The number of carbonyl (C=O) groups excluding carboxylic acids is 2. The monoisotopic (exact) mass is 450 g/mol. The molecule has 1 atom stereocenters. The van der Waals surface area contributed by atoms with Crippen LogP contribution in [0.15, 0.2) is 77.7 Å². The van der Waals surface area contributed by atoms with E-state index < -0.39 is 0 Å². The lowest BCUT2D eigenvalue weighted by molar-refractivity contribution is -0.115. The van der Waals surface area contributed by atoms with Gasteiger partial charge in [0, 0.05) is 27.9 Å². The molecule has 2 amide bonds. The molecule has 1 unspecified atom stereocenters. The summed E-state index contributed by atoms with van der Waals surface area (Å²) < 4.78 is 10.3. The van der Waals surface area contributed by atoms with E-state index in [2.05, 4.69) is 10.6 Å². The molecule has 3 aromatic rings. The highest BCUT2D eigenvalue weighted by molar-refractivity contribution is 8.00. The standard InChI is InChI=1S/C25H26N2O4S/c1-4-23(25(29)27-18-7-5-9-21(15-18)31-3)32-22-10-6-8-19(16-22)26-24(28)17-11-13-20(30-2)14-12-17/h5-16,23H,4H2,1-3H3,(H,26,28)(H,27,29). The summed E-state index contributed by atoms with van der Waals surface area (Å²) in [5, 5.41) is 5.56. The van der Waals surface area contributed by atoms with Gasteiger partial charge in [-0.25, -0.2) is 0 Å². The summed E-state index contributed by atoms with van der Waals surface area (Å²) >= 11 is 1.46. The van der Waals surface area contributed by atoms with Gasteiger partial charge in [0.25, 0.3) is 5.91 Å².